The Kier molecular flexibility index (Phi) is 1.38. The standard InChI is InChI=1S/C8H8N2O2/c1-6-4-7(12-10-6)8(2-3-8)9-5-11/h4H,2-3H2,1H3. The fourth-order valence-corrected chi connectivity index (χ4v) is 1.20. The lowest BCUT2D eigenvalue weighted by atomic mass is 10.2. The molecule has 0 atom stereocenters. The van der Waals surface area contributed by atoms with Crippen molar-refractivity contribution in [3.05, 3.63) is 17.5 Å². The average molecular weight is 164 g/mol. The molecule has 0 N–H and O–H groups in total. The van der Waals surface area contributed by atoms with Crippen LogP contribution in [0.2, 0.25) is 0 Å². The van der Waals surface area contributed by atoms with E-state index in [4.69, 9.17) is 4.52 Å². The van der Waals surface area contributed by atoms with Crippen molar-refractivity contribution in [1.82, 2.24) is 5.16 Å². The van der Waals surface area contributed by atoms with Gasteiger partial charge in [-0.2, -0.15) is 4.99 Å². The van der Waals surface area contributed by atoms with E-state index in [0.717, 1.165) is 18.5 Å². The molecule has 0 saturated heterocycles. The molecule has 2 rings (SSSR count). The second-order valence-corrected chi connectivity index (χ2v) is 3.07. The van der Waals surface area contributed by atoms with Crippen LogP contribution in [0.25, 0.3) is 0 Å². The summed E-state index contributed by atoms with van der Waals surface area (Å²) < 4.78 is 5.02. The Bertz CT molecular complexity index is 346. The molecule has 12 heavy (non-hydrogen) atoms. The monoisotopic (exact) mass is 164 g/mol. The number of hydrogen-bond acceptors (Lipinski definition) is 4. The summed E-state index contributed by atoms with van der Waals surface area (Å²) in [6, 6.07) is 1.81. The van der Waals surface area contributed by atoms with Crippen molar-refractivity contribution in [2.24, 2.45) is 4.99 Å². The first-order valence-corrected chi connectivity index (χ1v) is 3.80. The van der Waals surface area contributed by atoms with E-state index >= 15 is 0 Å². The number of aromatic nitrogens is 1. The van der Waals surface area contributed by atoms with Crippen LogP contribution in [0.15, 0.2) is 15.6 Å². The third-order valence-corrected chi connectivity index (χ3v) is 2.07. The van der Waals surface area contributed by atoms with E-state index in [2.05, 4.69) is 10.1 Å². The van der Waals surface area contributed by atoms with E-state index in [-0.39, 0.29) is 0 Å². The molecule has 0 aromatic carbocycles. The molecule has 1 saturated carbocycles. The molecule has 0 unspecified atom stereocenters. The van der Waals surface area contributed by atoms with Crippen molar-refractivity contribution in [1.29, 1.82) is 0 Å². The molecule has 0 spiro atoms. The number of rotatable bonds is 2. The molecule has 4 nitrogen and oxygen atoms in total. The van der Waals surface area contributed by atoms with Crippen molar-refractivity contribution >= 4 is 6.08 Å². The molecule has 0 amide bonds. The van der Waals surface area contributed by atoms with E-state index in [1.165, 1.54) is 0 Å². The fourth-order valence-electron chi connectivity index (χ4n) is 1.20. The van der Waals surface area contributed by atoms with Gasteiger partial charge in [0.05, 0.1) is 5.69 Å². The number of aryl methyl sites for hydroxylation is 1. The van der Waals surface area contributed by atoms with Crippen LogP contribution in [0.1, 0.15) is 24.3 Å². The Balaban J connectivity index is 2.36. The van der Waals surface area contributed by atoms with E-state index in [0.29, 0.717) is 5.76 Å². The molecular formula is C8H8N2O2. The summed E-state index contributed by atoms with van der Waals surface area (Å²) in [5.41, 5.74) is 0.403. The maximum absolute atomic E-state index is 10.1. The predicted octanol–water partition coefficient (Wildman–Crippen LogP) is 1.31. The predicted molar refractivity (Wildman–Crippen MR) is 40.3 cm³/mol. The molecule has 1 aliphatic carbocycles. The fraction of sp³-hybridized carbons (Fsp3) is 0.500. The van der Waals surface area contributed by atoms with Crippen LogP contribution in [0.4, 0.5) is 0 Å². The summed E-state index contributed by atoms with van der Waals surface area (Å²) in [7, 11) is 0. The summed E-state index contributed by atoms with van der Waals surface area (Å²) >= 11 is 0. The van der Waals surface area contributed by atoms with Gasteiger partial charge in [-0.25, -0.2) is 4.79 Å². The number of nitrogens with zero attached hydrogens (tertiary/aromatic N) is 2. The molecule has 62 valence electrons. The summed E-state index contributed by atoms with van der Waals surface area (Å²) in [5.74, 6) is 0.684. The number of hydrogen-bond donors (Lipinski definition) is 0. The average Bonchev–Trinajstić information content (AvgIpc) is 2.69. The zero-order valence-corrected chi connectivity index (χ0v) is 6.70. The zero-order valence-electron chi connectivity index (χ0n) is 6.70. The summed E-state index contributed by atoms with van der Waals surface area (Å²) in [6.07, 6.45) is 3.28. The minimum atomic E-state index is -0.414. The van der Waals surface area contributed by atoms with Gasteiger partial charge >= 0.3 is 0 Å². The quantitative estimate of drug-likeness (QED) is 0.489. The first kappa shape index (κ1) is 7.25. The van der Waals surface area contributed by atoms with Crippen molar-refractivity contribution in [2.75, 3.05) is 0 Å². The Morgan fingerprint density at radius 1 is 1.75 bits per heavy atom. The summed E-state index contributed by atoms with van der Waals surface area (Å²) in [5, 5.41) is 3.74. The number of isocyanates is 1. The molecule has 4 heteroatoms. The first-order valence-electron chi connectivity index (χ1n) is 3.80. The summed E-state index contributed by atoms with van der Waals surface area (Å²) in [6.45, 7) is 1.84. The van der Waals surface area contributed by atoms with Crippen LogP contribution < -0.4 is 0 Å². The van der Waals surface area contributed by atoms with E-state index < -0.39 is 5.54 Å². The van der Waals surface area contributed by atoms with Gasteiger partial charge in [-0.05, 0) is 19.8 Å². The molecule has 0 radical (unpaired) electrons. The van der Waals surface area contributed by atoms with E-state index in [9.17, 15) is 4.79 Å². The maximum Gasteiger partial charge on any atom is 0.235 e. The number of aliphatic imine (C=N–C) groups is 1. The number of carbonyl (C=O) groups excluding carboxylic acids is 1. The highest BCUT2D eigenvalue weighted by molar-refractivity contribution is 5.38. The zero-order chi connectivity index (χ0) is 8.60. The highest BCUT2D eigenvalue weighted by atomic mass is 16.5. The smallest absolute Gasteiger partial charge is 0.235 e. The van der Waals surface area contributed by atoms with Crippen LogP contribution >= 0.6 is 0 Å². The van der Waals surface area contributed by atoms with Crippen molar-refractivity contribution < 1.29 is 9.32 Å². The third-order valence-electron chi connectivity index (χ3n) is 2.07. The second kappa shape index (κ2) is 2.29. The molecule has 1 aromatic rings. The lowest BCUT2D eigenvalue weighted by Gasteiger charge is -1.98. The Hall–Kier alpha value is -1.41. The molecule has 1 aliphatic rings. The van der Waals surface area contributed by atoms with Gasteiger partial charge in [0.1, 0.15) is 5.54 Å². The highest BCUT2D eigenvalue weighted by Gasteiger charge is 2.48. The van der Waals surface area contributed by atoms with Crippen LogP contribution in [0.3, 0.4) is 0 Å². The van der Waals surface area contributed by atoms with Gasteiger partial charge < -0.3 is 4.52 Å². The van der Waals surface area contributed by atoms with Gasteiger partial charge in [-0.1, -0.05) is 5.16 Å². The van der Waals surface area contributed by atoms with Crippen LogP contribution in [-0.4, -0.2) is 11.2 Å². The van der Waals surface area contributed by atoms with E-state index in [1.54, 1.807) is 6.08 Å². The van der Waals surface area contributed by atoms with Crippen LogP contribution in [0, 0.1) is 6.92 Å². The normalized spacial score (nSPS) is 18.4. The largest absolute Gasteiger partial charge is 0.358 e. The Morgan fingerprint density at radius 3 is 2.92 bits per heavy atom. The maximum atomic E-state index is 10.1. The van der Waals surface area contributed by atoms with Crippen molar-refractivity contribution in [2.45, 2.75) is 25.3 Å². The molecule has 0 aliphatic heterocycles. The second-order valence-electron chi connectivity index (χ2n) is 3.07. The van der Waals surface area contributed by atoms with Gasteiger partial charge in [0.15, 0.2) is 5.76 Å². The minimum Gasteiger partial charge on any atom is -0.358 e. The summed E-state index contributed by atoms with van der Waals surface area (Å²) in [4.78, 5) is 13.8. The van der Waals surface area contributed by atoms with Crippen LogP contribution in [0.5, 0.6) is 0 Å². The third kappa shape index (κ3) is 0.970. The molecule has 1 heterocycles. The minimum absolute atomic E-state index is 0.414. The van der Waals surface area contributed by atoms with Crippen molar-refractivity contribution in [3.63, 3.8) is 0 Å². The lowest BCUT2D eigenvalue weighted by molar-refractivity contribution is 0.352. The van der Waals surface area contributed by atoms with Gasteiger partial charge in [-0.15, -0.1) is 0 Å². The Labute approximate surface area is 69.3 Å². The molecule has 0 bridgehead atoms. The molecular weight excluding hydrogens is 156 g/mol. The van der Waals surface area contributed by atoms with E-state index in [1.807, 2.05) is 13.0 Å². The topological polar surface area (TPSA) is 55.5 Å². The Morgan fingerprint density at radius 2 is 2.50 bits per heavy atom. The molecule has 1 fully saturated rings. The van der Waals surface area contributed by atoms with Gasteiger partial charge in [0, 0.05) is 6.07 Å². The van der Waals surface area contributed by atoms with Crippen molar-refractivity contribution in [3.8, 4) is 0 Å². The first-order chi connectivity index (χ1) is 5.77. The highest BCUT2D eigenvalue weighted by Crippen LogP contribution is 2.49. The van der Waals surface area contributed by atoms with Crippen LogP contribution in [-0.2, 0) is 10.3 Å². The van der Waals surface area contributed by atoms with Gasteiger partial charge in [0.2, 0.25) is 6.08 Å². The molecule has 1 aromatic heterocycles. The SMILES string of the molecule is Cc1cc(C2(N=C=O)CC2)on1. The van der Waals surface area contributed by atoms with Gasteiger partial charge in [0.25, 0.3) is 0 Å². The van der Waals surface area contributed by atoms with Gasteiger partial charge in [-0.3, -0.25) is 0 Å². The lowest BCUT2D eigenvalue weighted by Crippen LogP contribution is -1.99.